The average molecular weight is 267 g/mol. The van der Waals surface area contributed by atoms with E-state index in [9.17, 15) is 0 Å². The molecule has 0 radical (unpaired) electrons. The normalized spacial score (nSPS) is 12.2. The largest absolute Gasteiger partial charge is 0.358 e. The van der Waals surface area contributed by atoms with Gasteiger partial charge in [0.15, 0.2) is 0 Å². The third kappa shape index (κ3) is 2.58. The first-order chi connectivity index (χ1) is 9.51. The number of hydrogen-bond donors (Lipinski definition) is 1. The van der Waals surface area contributed by atoms with E-state index in [1.807, 2.05) is 0 Å². The molecule has 0 bridgehead atoms. The van der Waals surface area contributed by atoms with Crippen molar-refractivity contribution in [3.63, 3.8) is 0 Å². The van der Waals surface area contributed by atoms with Crippen LogP contribution in [0.3, 0.4) is 0 Å². The summed E-state index contributed by atoms with van der Waals surface area (Å²) in [6.07, 6.45) is 5.47. The predicted octanol–water partition coefficient (Wildman–Crippen LogP) is 5.71. The Labute approximate surface area is 122 Å². The summed E-state index contributed by atoms with van der Waals surface area (Å²) in [4.78, 5) is 3.60. The SMILES string of the molecule is C/C=C\c1c(C)[nH]c(-c2ccccc2)c1C(C)(C)CC. The van der Waals surface area contributed by atoms with Gasteiger partial charge in [0.1, 0.15) is 0 Å². The molecule has 0 aliphatic heterocycles. The standard InChI is InChI=1S/C19H25N/c1-6-11-16-14(3)20-18(15-12-9-8-10-13-15)17(16)19(4,5)7-2/h6,8-13,20H,7H2,1-5H3/b11-6-. The van der Waals surface area contributed by atoms with Gasteiger partial charge in [-0.05, 0) is 42.4 Å². The van der Waals surface area contributed by atoms with Crippen molar-refractivity contribution in [1.82, 2.24) is 4.98 Å². The zero-order chi connectivity index (χ0) is 14.8. The van der Waals surface area contributed by atoms with Crippen molar-refractivity contribution < 1.29 is 0 Å². The van der Waals surface area contributed by atoms with Crippen LogP contribution >= 0.6 is 0 Å². The molecule has 2 aromatic rings. The molecule has 1 aromatic carbocycles. The summed E-state index contributed by atoms with van der Waals surface area (Å²) in [5.41, 5.74) is 6.72. The maximum absolute atomic E-state index is 3.60. The van der Waals surface area contributed by atoms with Crippen LogP contribution < -0.4 is 0 Å². The van der Waals surface area contributed by atoms with Crippen LogP contribution in [0.4, 0.5) is 0 Å². The van der Waals surface area contributed by atoms with Crippen LogP contribution in [0.2, 0.25) is 0 Å². The van der Waals surface area contributed by atoms with Crippen molar-refractivity contribution in [2.75, 3.05) is 0 Å². The zero-order valence-corrected chi connectivity index (χ0v) is 13.2. The van der Waals surface area contributed by atoms with Gasteiger partial charge >= 0.3 is 0 Å². The summed E-state index contributed by atoms with van der Waals surface area (Å²) < 4.78 is 0. The summed E-state index contributed by atoms with van der Waals surface area (Å²) in [6, 6.07) is 10.6. The van der Waals surface area contributed by atoms with Crippen LogP contribution in [-0.4, -0.2) is 4.98 Å². The molecule has 0 aliphatic rings. The number of benzene rings is 1. The van der Waals surface area contributed by atoms with Gasteiger partial charge in [-0.2, -0.15) is 0 Å². The van der Waals surface area contributed by atoms with Crippen LogP contribution in [-0.2, 0) is 5.41 Å². The molecule has 2 rings (SSSR count). The monoisotopic (exact) mass is 267 g/mol. The van der Waals surface area contributed by atoms with Crippen molar-refractivity contribution in [2.24, 2.45) is 0 Å². The van der Waals surface area contributed by atoms with E-state index in [4.69, 9.17) is 0 Å². The molecular formula is C19H25N. The van der Waals surface area contributed by atoms with Crippen molar-refractivity contribution in [3.05, 3.63) is 53.2 Å². The molecule has 0 spiro atoms. The Kier molecular flexibility index (Phi) is 4.17. The van der Waals surface area contributed by atoms with Crippen LogP contribution in [0.1, 0.15) is 50.9 Å². The highest BCUT2D eigenvalue weighted by atomic mass is 14.7. The Bertz CT molecular complexity index is 600. The molecule has 106 valence electrons. The highest BCUT2D eigenvalue weighted by Crippen LogP contribution is 2.39. The number of nitrogens with one attached hydrogen (secondary N) is 1. The van der Waals surface area contributed by atoms with E-state index in [-0.39, 0.29) is 5.41 Å². The summed E-state index contributed by atoms with van der Waals surface area (Å²) in [7, 11) is 0. The highest BCUT2D eigenvalue weighted by Gasteiger charge is 2.27. The molecule has 1 heterocycles. The van der Waals surface area contributed by atoms with Gasteiger partial charge in [-0.25, -0.2) is 0 Å². The number of rotatable bonds is 4. The quantitative estimate of drug-likeness (QED) is 0.730. The number of H-pyrrole nitrogens is 1. The van der Waals surface area contributed by atoms with Crippen molar-refractivity contribution in [2.45, 2.75) is 46.5 Å². The second-order valence-corrected chi connectivity index (χ2v) is 6.02. The molecule has 1 aromatic heterocycles. The van der Waals surface area contributed by atoms with Gasteiger partial charge in [-0.15, -0.1) is 0 Å². The number of aryl methyl sites for hydroxylation is 1. The Balaban J connectivity index is 2.73. The van der Waals surface area contributed by atoms with Gasteiger partial charge in [0.2, 0.25) is 0 Å². The van der Waals surface area contributed by atoms with Crippen LogP contribution in [0.15, 0.2) is 36.4 Å². The first-order valence-corrected chi connectivity index (χ1v) is 7.42. The number of hydrogen-bond acceptors (Lipinski definition) is 0. The smallest absolute Gasteiger partial charge is 0.0500 e. The zero-order valence-electron chi connectivity index (χ0n) is 13.2. The molecule has 1 heteroatoms. The van der Waals surface area contributed by atoms with Gasteiger partial charge in [0.05, 0.1) is 0 Å². The molecule has 20 heavy (non-hydrogen) atoms. The van der Waals surface area contributed by atoms with E-state index in [2.05, 4.69) is 82.1 Å². The Hall–Kier alpha value is -1.76. The fraction of sp³-hybridized carbons (Fsp3) is 0.368. The molecule has 0 unspecified atom stereocenters. The molecule has 0 atom stereocenters. The molecule has 0 amide bonds. The molecular weight excluding hydrogens is 242 g/mol. The molecule has 1 N–H and O–H groups in total. The summed E-state index contributed by atoms with van der Waals surface area (Å²) in [5, 5.41) is 0. The molecule has 0 fully saturated rings. The summed E-state index contributed by atoms with van der Waals surface area (Å²) in [6.45, 7) is 11.2. The van der Waals surface area contributed by atoms with Gasteiger partial charge in [-0.3, -0.25) is 0 Å². The number of aromatic amines is 1. The van der Waals surface area contributed by atoms with E-state index >= 15 is 0 Å². The molecule has 0 saturated heterocycles. The summed E-state index contributed by atoms with van der Waals surface area (Å²) >= 11 is 0. The lowest BCUT2D eigenvalue weighted by atomic mass is 9.78. The lowest BCUT2D eigenvalue weighted by molar-refractivity contribution is 0.507. The van der Waals surface area contributed by atoms with E-state index in [1.54, 1.807) is 0 Å². The summed E-state index contributed by atoms with van der Waals surface area (Å²) in [5.74, 6) is 0. The molecule has 1 nitrogen and oxygen atoms in total. The highest BCUT2D eigenvalue weighted by molar-refractivity contribution is 5.74. The number of aromatic nitrogens is 1. The lowest BCUT2D eigenvalue weighted by Gasteiger charge is -2.25. The maximum Gasteiger partial charge on any atom is 0.0500 e. The minimum atomic E-state index is 0.158. The Morgan fingerprint density at radius 1 is 1.15 bits per heavy atom. The van der Waals surface area contributed by atoms with Crippen LogP contribution in [0.25, 0.3) is 17.3 Å². The fourth-order valence-electron chi connectivity index (χ4n) is 2.72. The minimum absolute atomic E-state index is 0.158. The first-order valence-electron chi connectivity index (χ1n) is 7.42. The molecule has 0 saturated carbocycles. The second kappa shape index (κ2) is 5.70. The minimum Gasteiger partial charge on any atom is -0.358 e. The van der Waals surface area contributed by atoms with E-state index in [0.29, 0.717) is 0 Å². The topological polar surface area (TPSA) is 15.8 Å². The van der Waals surface area contributed by atoms with E-state index in [1.165, 1.54) is 28.1 Å². The van der Waals surface area contributed by atoms with Crippen molar-refractivity contribution in [3.8, 4) is 11.3 Å². The van der Waals surface area contributed by atoms with E-state index < -0.39 is 0 Å². The number of allylic oxidation sites excluding steroid dienone is 1. The van der Waals surface area contributed by atoms with Crippen LogP contribution in [0.5, 0.6) is 0 Å². The van der Waals surface area contributed by atoms with Crippen molar-refractivity contribution in [1.29, 1.82) is 0 Å². The van der Waals surface area contributed by atoms with E-state index in [0.717, 1.165) is 6.42 Å². The Morgan fingerprint density at radius 2 is 1.80 bits per heavy atom. The second-order valence-electron chi connectivity index (χ2n) is 6.02. The average Bonchev–Trinajstić information content (AvgIpc) is 2.78. The third-order valence-corrected chi connectivity index (χ3v) is 4.19. The van der Waals surface area contributed by atoms with Gasteiger partial charge in [-0.1, -0.05) is 63.3 Å². The maximum atomic E-state index is 3.60. The Morgan fingerprint density at radius 3 is 2.35 bits per heavy atom. The predicted molar refractivity (Wildman–Crippen MR) is 89.0 cm³/mol. The van der Waals surface area contributed by atoms with Crippen molar-refractivity contribution >= 4 is 6.08 Å². The first kappa shape index (κ1) is 14.6. The van der Waals surface area contributed by atoms with Gasteiger partial charge in [0.25, 0.3) is 0 Å². The lowest BCUT2D eigenvalue weighted by Crippen LogP contribution is -2.17. The molecule has 0 aliphatic carbocycles. The van der Waals surface area contributed by atoms with Gasteiger partial charge in [0, 0.05) is 11.4 Å². The van der Waals surface area contributed by atoms with Crippen LogP contribution in [0, 0.1) is 6.92 Å². The third-order valence-electron chi connectivity index (χ3n) is 4.19. The fourth-order valence-corrected chi connectivity index (χ4v) is 2.72. The van der Waals surface area contributed by atoms with Gasteiger partial charge < -0.3 is 4.98 Å².